The molecule has 1 aromatic heterocycles. The SMILES string of the molecule is C[S@](=O)c1cccc(NC(=O)N(CCC#N)Cc2ccccn2)c1. The Morgan fingerprint density at radius 3 is 2.83 bits per heavy atom. The Balaban J connectivity index is 2.11. The third kappa shape index (κ3) is 5.18. The van der Waals surface area contributed by atoms with E-state index in [-0.39, 0.29) is 12.5 Å². The number of nitriles is 1. The molecule has 1 N–H and O–H groups in total. The van der Waals surface area contributed by atoms with Crippen LogP contribution in [0.1, 0.15) is 12.1 Å². The molecule has 24 heavy (non-hydrogen) atoms. The first-order valence-corrected chi connectivity index (χ1v) is 8.92. The summed E-state index contributed by atoms with van der Waals surface area (Å²) in [5.41, 5.74) is 1.31. The van der Waals surface area contributed by atoms with Gasteiger partial charge in [-0.15, -0.1) is 0 Å². The van der Waals surface area contributed by atoms with Gasteiger partial charge in [0.05, 0.1) is 24.7 Å². The third-order valence-corrected chi connectivity index (χ3v) is 4.19. The lowest BCUT2D eigenvalue weighted by Gasteiger charge is -2.22. The van der Waals surface area contributed by atoms with Crippen LogP contribution in [0.25, 0.3) is 0 Å². The summed E-state index contributed by atoms with van der Waals surface area (Å²) >= 11 is 0. The third-order valence-electron chi connectivity index (χ3n) is 3.28. The molecule has 1 aromatic carbocycles. The highest BCUT2D eigenvalue weighted by atomic mass is 32.2. The quantitative estimate of drug-likeness (QED) is 0.874. The minimum absolute atomic E-state index is 0.235. The number of hydrogen-bond acceptors (Lipinski definition) is 4. The Labute approximate surface area is 143 Å². The fourth-order valence-electron chi connectivity index (χ4n) is 2.08. The second-order valence-corrected chi connectivity index (χ2v) is 6.44. The molecule has 2 aromatic rings. The summed E-state index contributed by atoms with van der Waals surface area (Å²) in [6.07, 6.45) is 3.48. The zero-order valence-corrected chi connectivity index (χ0v) is 14.1. The van der Waals surface area contributed by atoms with Gasteiger partial charge in [0.1, 0.15) is 0 Å². The Morgan fingerprint density at radius 1 is 1.33 bits per heavy atom. The monoisotopic (exact) mass is 342 g/mol. The zero-order valence-electron chi connectivity index (χ0n) is 13.3. The minimum atomic E-state index is -1.12. The van der Waals surface area contributed by atoms with E-state index in [9.17, 15) is 9.00 Å². The van der Waals surface area contributed by atoms with E-state index in [2.05, 4.69) is 10.3 Å². The Morgan fingerprint density at radius 2 is 2.17 bits per heavy atom. The van der Waals surface area contributed by atoms with Gasteiger partial charge in [0, 0.05) is 40.4 Å². The van der Waals surface area contributed by atoms with Gasteiger partial charge in [0.15, 0.2) is 0 Å². The molecule has 0 fully saturated rings. The fourth-order valence-corrected chi connectivity index (χ4v) is 2.64. The Bertz CT molecular complexity index is 759. The maximum Gasteiger partial charge on any atom is 0.322 e. The number of carbonyl (C=O) groups is 1. The van der Waals surface area contributed by atoms with Crippen LogP contribution in [0.2, 0.25) is 0 Å². The van der Waals surface area contributed by atoms with E-state index in [1.165, 1.54) is 4.90 Å². The van der Waals surface area contributed by atoms with Crippen LogP contribution in [0.4, 0.5) is 10.5 Å². The number of hydrogen-bond donors (Lipinski definition) is 1. The van der Waals surface area contributed by atoms with Crippen molar-refractivity contribution in [3.63, 3.8) is 0 Å². The van der Waals surface area contributed by atoms with Gasteiger partial charge < -0.3 is 10.2 Å². The summed E-state index contributed by atoms with van der Waals surface area (Å²) in [6.45, 7) is 0.617. The van der Waals surface area contributed by atoms with E-state index in [1.54, 1.807) is 42.8 Å². The van der Waals surface area contributed by atoms with Crippen molar-refractivity contribution < 1.29 is 9.00 Å². The van der Waals surface area contributed by atoms with Crippen molar-refractivity contribution in [2.45, 2.75) is 17.9 Å². The molecule has 1 heterocycles. The van der Waals surface area contributed by atoms with E-state index < -0.39 is 10.8 Å². The molecule has 2 rings (SSSR count). The Hall–Kier alpha value is -2.72. The van der Waals surface area contributed by atoms with E-state index in [4.69, 9.17) is 5.26 Å². The van der Waals surface area contributed by atoms with Crippen LogP contribution in [0.3, 0.4) is 0 Å². The summed E-state index contributed by atoms with van der Waals surface area (Å²) in [5.74, 6) is 0. The molecule has 0 saturated heterocycles. The summed E-state index contributed by atoms with van der Waals surface area (Å²) in [6, 6.07) is 14.1. The number of nitrogens with one attached hydrogen (secondary N) is 1. The summed E-state index contributed by atoms with van der Waals surface area (Å²) in [7, 11) is -1.12. The maximum atomic E-state index is 12.5. The molecule has 0 bridgehead atoms. The highest BCUT2D eigenvalue weighted by molar-refractivity contribution is 7.84. The first kappa shape index (κ1) is 17.6. The zero-order chi connectivity index (χ0) is 17.4. The molecule has 6 nitrogen and oxygen atoms in total. The molecule has 7 heteroatoms. The number of nitrogens with zero attached hydrogens (tertiary/aromatic N) is 3. The van der Waals surface area contributed by atoms with Crippen molar-refractivity contribution in [3.8, 4) is 6.07 Å². The second kappa shape index (κ2) is 8.79. The smallest absolute Gasteiger partial charge is 0.318 e. The second-order valence-electron chi connectivity index (χ2n) is 5.06. The highest BCUT2D eigenvalue weighted by Gasteiger charge is 2.15. The van der Waals surface area contributed by atoms with Crippen molar-refractivity contribution in [3.05, 3.63) is 54.4 Å². The molecule has 2 amide bonds. The van der Waals surface area contributed by atoms with Gasteiger partial charge in [-0.3, -0.25) is 9.19 Å². The molecular formula is C17H18N4O2S. The number of pyridine rings is 1. The molecule has 0 unspecified atom stereocenters. The molecule has 0 aliphatic heterocycles. The van der Waals surface area contributed by atoms with Gasteiger partial charge >= 0.3 is 6.03 Å². The van der Waals surface area contributed by atoms with Crippen molar-refractivity contribution in [1.29, 1.82) is 5.26 Å². The average molecular weight is 342 g/mol. The van der Waals surface area contributed by atoms with Crippen LogP contribution in [-0.2, 0) is 17.3 Å². The van der Waals surface area contributed by atoms with Gasteiger partial charge in [0.2, 0.25) is 0 Å². The molecule has 0 spiro atoms. The number of anilines is 1. The van der Waals surface area contributed by atoms with Crippen molar-refractivity contribution in [2.24, 2.45) is 0 Å². The number of amides is 2. The van der Waals surface area contributed by atoms with Gasteiger partial charge in [-0.2, -0.15) is 5.26 Å². The summed E-state index contributed by atoms with van der Waals surface area (Å²) in [4.78, 5) is 18.9. The lowest BCUT2D eigenvalue weighted by Crippen LogP contribution is -2.35. The molecule has 0 saturated carbocycles. The summed E-state index contributed by atoms with van der Waals surface area (Å²) < 4.78 is 11.5. The molecule has 124 valence electrons. The number of benzene rings is 1. The van der Waals surface area contributed by atoms with Crippen LogP contribution in [0.15, 0.2) is 53.6 Å². The average Bonchev–Trinajstić information content (AvgIpc) is 2.59. The topological polar surface area (TPSA) is 86.1 Å². The molecule has 0 radical (unpaired) electrons. The number of rotatable bonds is 6. The first-order valence-electron chi connectivity index (χ1n) is 7.36. The van der Waals surface area contributed by atoms with E-state index >= 15 is 0 Å². The van der Waals surface area contributed by atoms with Gasteiger partial charge in [-0.25, -0.2) is 4.79 Å². The minimum Gasteiger partial charge on any atom is -0.318 e. The lowest BCUT2D eigenvalue weighted by atomic mass is 10.3. The molecule has 0 aliphatic carbocycles. The van der Waals surface area contributed by atoms with Crippen LogP contribution in [0.5, 0.6) is 0 Å². The number of urea groups is 1. The van der Waals surface area contributed by atoms with Crippen molar-refractivity contribution >= 4 is 22.5 Å². The van der Waals surface area contributed by atoms with E-state index in [0.717, 1.165) is 5.69 Å². The standard InChI is InChI=1S/C17H18N4O2S/c1-24(23)16-8-4-7-14(12-16)20-17(22)21(11-5-9-18)13-15-6-2-3-10-19-15/h2-4,6-8,10,12H,5,11,13H2,1H3,(H,20,22)/t24-/m0/s1. The van der Waals surface area contributed by atoms with Crippen LogP contribution in [0, 0.1) is 11.3 Å². The largest absolute Gasteiger partial charge is 0.322 e. The van der Waals surface area contributed by atoms with Crippen molar-refractivity contribution in [2.75, 3.05) is 18.1 Å². The van der Waals surface area contributed by atoms with Crippen LogP contribution in [-0.4, -0.2) is 32.9 Å². The van der Waals surface area contributed by atoms with Crippen LogP contribution < -0.4 is 5.32 Å². The number of carbonyl (C=O) groups excluding carboxylic acids is 1. The van der Waals surface area contributed by atoms with Gasteiger partial charge in [-0.1, -0.05) is 12.1 Å². The molecular weight excluding hydrogens is 324 g/mol. The first-order chi connectivity index (χ1) is 11.6. The van der Waals surface area contributed by atoms with E-state index in [0.29, 0.717) is 23.7 Å². The van der Waals surface area contributed by atoms with Crippen molar-refractivity contribution in [1.82, 2.24) is 9.88 Å². The predicted octanol–water partition coefficient (Wildman–Crippen LogP) is 2.77. The maximum absolute atomic E-state index is 12.5. The van der Waals surface area contributed by atoms with Gasteiger partial charge in [0.25, 0.3) is 0 Å². The van der Waals surface area contributed by atoms with E-state index in [1.807, 2.05) is 18.2 Å². The predicted molar refractivity (Wildman–Crippen MR) is 92.7 cm³/mol. The Kier molecular flexibility index (Phi) is 6.46. The molecule has 1 atom stereocenters. The summed E-state index contributed by atoms with van der Waals surface area (Å²) in [5, 5.41) is 11.6. The lowest BCUT2D eigenvalue weighted by molar-refractivity contribution is 0.209. The molecule has 0 aliphatic rings. The highest BCUT2D eigenvalue weighted by Crippen LogP contribution is 2.14. The van der Waals surface area contributed by atoms with Crippen LogP contribution >= 0.6 is 0 Å². The normalized spacial score (nSPS) is 11.3. The van der Waals surface area contributed by atoms with Gasteiger partial charge in [-0.05, 0) is 30.3 Å². The fraction of sp³-hybridized carbons (Fsp3) is 0.235. The number of aromatic nitrogens is 1.